The highest BCUT2D eigenvalue weighted by atomic mass is 28.4. The van der Waals surface area contributed by atoms with Crippen LogP contribution in [0.3, 0.4) is 0 Å². The Balaban J connectivity index is 1.96. The molecule has 1 saturated heterocycles. The fourth-order valence-corrected chi connectivity index (χ4v) is 3.44. The number of fused-ring (bicyclic) bond motifs is 1. The molecule has 0 unspecified atom stereocenters. The summed E-state index contributed by atoms with van der Waals surface area (Å²) >= 11 is 0. The Morgan fingerprint density at radius 1 is 1.20 bits per heavy atom. The van der Waals surface area contributed by atoms with Crippen LogP contribution in [0, 0.1) is 0 Å². The number of hydrogen-bond acceptors (Lipinski definition) is 2. The Bertz CT molecular complexity index is 244. The molecule has 1 aliphatic heterocycles. The van der Waals surface area contributed by atoms with Gasteiger partial charge in [0.1, 0.15) is 6.10 Å². The molecule has 0 aromatic carbocycles. The summed E-state index contributed by atoms with van der Waals surface area (Å²) in [4.78, 5) is 0. The maximum atomic E-state index is 6.41. The average Bonchev–Trinajstić information content (AvgIpc) is 2.80. The summed E-state index contributed by atoms with van der Waals surface area (Å²) in [6.07, 6.45) is 5.10. The van der Waals surface area contributed by atoms with Crippen molar-refractivity contribution >= 4 is 8.32 Å². The maximum Gasteiger partial charge on any atom is 0.192 e. The largest absolute Gasteiger partial charge is 0.411 e. The molecular formula is C12H24O2Si. The van der Waals surface area contributed by atoms with Gasteiger partial charge in [0, 0.05) is 0 Å². The predicted molar refractivity (Wildman–Crippen MR) is 64.6 cm³/mol. The molecule has 1 heterocycles. The molecule has 0 bridgehead atoms. The molecule has 0 N–H and O–H groups in total. The van der Waals surface area contributed by atoms with E-state index in [2.05, 4.69) is 33.9 Å². The topological polar surface area (TPSA) is 21.8 Å². The lowest BCUT2D eigenvalue weighted by atomic mass is 9.98. The van der Waals surface area contributed by atoms with Gasteiger partial charge in [0.2, 0.25) is 0 Å². The van der Waals surface area contributed by atoms with Crippen LogP contribution in [0.5, 0.6) is 0 Å². The standard InChI is InChI=1S/C12H24O2Si/c1-12(2,3)15(4,5)14-10-8-6-7-9-11(10)13-9/h9-11H,6-8H2,1-5H3/t9-,10-,11-/m0/s1. The van der Waals surface area contributed by atoms with Crippen LogP contribution < -0.4 is 0 Å². The van der Waals surface area contributed by atoms with E-state index in [4.69, 9.17) is 9.16 Å². The fraction of sp³-hybridized carbons (Fsp3) is 1.00. The van der Waals surface area contributed by atoms with E-state index in [1.54, 1.807) is 0 Å². The number of ether oxygens (including phenoxy) is 1. The molecule has 2 rings (SSSR count). The Morgan fingerprint density at radius 2 is 1.87 bits per heavy atom. The Kier molecular flexibility index (Phi) is 2.77. The van der Waals surface area contributed by atoms with Crippen LogP contribution in [0.25, 0.3) is 0 Å². The molecule has 0 aromatic heterocycles. The van der Waals surface area contributed by atoms with Crippen LogP contribution in [0.1, 0.15) is 40.0 Å². The summed E-state index contributed by atoms with van der Waals surface area (Å²) in [7, 11) is -1.59. The van der Waals surface area contributed by atoms with Crippen molar-refractivity contribution in [1.82, 2.24) is 0 Å². The van der Waals surface area contributed by atoms with E-state index in [0.717, 1.165) is 0 Å². The third-order valence-corrected chi connectivity index (χ3v) is 8.72. The Morgan fingerprint density at radius 3 is 2.47 bits per heavy atom. The second-order valence-corrected chi connectivity index (χ2v) is 11.2. The molecule has 1 aliphatic carbocycles. The molecule has 2 fully saturated rings. The number of hydrogen-bond donors (Lipinski definition) is 0. The summed E-state index contributed by atoms with van der Waals surface area (Å²) in [5.41, 5.74) is 0. The Hall–Kier alpha value is 0.137. The van der Waals surface area contributed by atoms with Crippen molar-refractivity contribution in [3.05, 3.63) is 0 Å². The molecule has 0 radical (unpaired) electrons. The van der Waals surface area contributed by atoms with Gasteiger partial charge in [-0.25, -0.2) is 0 Å². The predicted octanol–water partition coefficient (Wildman–Crippen LogP) is 3.33. The monoisotopic (exact) mass is 228 g/mol. The smallest absolute Gasteiger partial charge is 0.192 e. The molecule has 1 saturated carbocycles. The van der Waals surface area contributed by atoms with E-state index in [9.17, 15) is 0 Å². The van der Waals surface area contributed by atoms with Gasteiger partial charge < -0.3 is 9.16 Å². The summed E-state index contributed by atoms with van der Waals surface area (Å²) in [6, 6.07) is 0. The second-order valence-electron chi connectivity index (χ2n) is 6.49. The van der Waals surface area contributed by atoms with Crippen LogP contribution in [-0.4, -0.2) is 26.6 Å². The van der Waals surface area contributed by atoms with Gasteiger partial charge in [-0.1, -0.05) is 20.8 Å². The van der Waals surface area contributed by atoms with Crippen molar-refractivity contribution in [2.24, 2.45) is 0 Å². The minimum absolute atomic E-state index is 0.314. The van der Waals surface area contributed by atoms with Crippen molar-refractivity contribution in [3.63, 3.8) is 0 Å². The molecule has 15 heavy (non-hydrogen) atoms. The van der Waals surface area contributed by atoms with E-state index in [-0.39, 0.29) is 0 Å². The van der Waals surface area contributed by atoms with Crippen LogP contribution in [0.15, 0.2) is 0 Å². The van der Waals surface area contributed by atoms with Gasteiger partial charge in [-0.3, -0.25) is 0 Å². The zero-order chi connectivity index (χ0) is 11.3. The van der Waals surface area contributed by atoms with Crippen LogP contribution in [0.4, 0.5) is 0 Å². The van der Waals surface area contributed by atoms with Crippen molar-refractivity contribution in [2.75, 3.05) is 0 Å². The zero-order valence-corrected chi connectivity index (χ0v) is 11.7. The van der Waals surface area contributed by atoms with Gasteiger partial charge in [-0.2, -0.15) is 0 Å². The zero-order valence-electron chi connectivity index (χ0n) is 10.7. The molecule has 88 valence electrons. The van der Waals surface area contributed by atoms with E-state index >= 15 is 0 Å². The lowest BCUT2D eigenvalue weighted by molar-refractivity contribution is 0.132. The number of epoxide rings is 1. The molecule has 0 aromatic rings. The summed E-state index contributed by atoms with van der Waals surface area (Å²) in [6.45, 7) is 11.6. The quantitative estimate of drug-likeness (QED) is 0.534. The fourth-order valence-electron chi connectivity index (χ4n) is 2.08. The minimum atomic E-state index is -1.59. The van der Waals surface area contributed by atoms with Crippen LogP contribution in [0.2, 0.25) is 18.1 Å². The van der Waals surface area contributed by atoms with E-state index in [0.29, 0.717) is 23.4 Å². The summed E-state index contributed by atoms with van der Waals surface area (Å²) in [5.74, 6) is 0. The molecule has 0 spiro atoms. The third-order valence-electron chi connectivity index (χ3n) is 4.22. The first-order valence-corrected chi connectivity index (χ1v) is 9.05. The Labute approximate surface area is 94.5 Å². The molecule has 2 nitrogen and oxygen atoms in total. The van der Waals surface area contributed by atoms with Crippen LogP contribution >= 0.6 is 0 Å². The van der Waals surface area contributed by atoms with E-state index in [1.807, 2.05) is 0 Å². The average molecular weight is 228 g/mol. The highest BCUT2D eigenvalue weighted by Crippen LogP contribution is 2.43. The molecule has 2 aliphatic rings. The van der Waals surface area contributed by atoms with Crippen molar-refractivity contribution < 1.29 is 9.16 Å². The normalized spacial score (nSPS) is 36.2. The highest BCUT2D eigenvalue weighted by molar-refractivity contribution is 6.74. The van der Waals surface area contributed by atoms with Crippen molar-refractivity contribution in [3.8, 4) is 0 Å². The third kappa shape index (κ3) is 2.29. The summed E-state index contributed by atoms with van der Waals surface area (Å²) < 4.78 is 12.1. The van der Waals surface area contributed by atoms with Gasteiger partial charge in [-0.05, 0) is 37.4 Å². The first-order chi connectivity index (χ1) is 6.81. The van der Waals surface area contributed by atoms with Gasteiger partial charge >= 0.3 is 0 Å². The van der Waals surface area contributed by atoms with Gasteiger partial charge in [0.05, 0.1) is 12.2 Å². The molecule has 3 heteroatoms. The number of rotatable bonds is 2. The van der Waals surface area contributed by atoms with Crippen LogP contribution in [-0.2, 0) is 9.16 Å². The highest BCUT2D eigenvalue weighted by Gasteiger charge is 2.51. The lowest BCUT2D eigenvalue weighted by Crippen LogP contribution is -2.46. The summed E-state index contributed by atoms with van der Waals surface area (Å²) in [5, 5.41) is 0.314. The SMILES string of the molecule is CC(C)(C)[Si](C)(C)O[C@H]1CCC[C@@H]2O[C@@H]21. The molecule has 3 atom stereocenters. The first kappa shape index (κ1) is 11.6. The minimum Gasteiger partial charge on any atom is -0.411 e. The van der Waals surface area contributed by atoms with Gasteiger partial charge in [-0.15, -0.1) is 0 Å². The lowest BCUT2D eigenvalue weighted by Gasteiger charge is -2.39. The van der Waals surface area contributed by atoms with Crippen molar-refractivity contribution in [1.29, 1.82) is 0 Å². The van der Waals surface area contributed by atoms with E-state index < -0.39 is 8.32 Å². The van der Waals surface area contributed by atoms with Gasteiger partial charge in [0.25, 0.3) is 0 Å². The molecule has 0 amide bonds. The van der Waals surface area contributed by atoms with E-state index in [1.165, 1.54) is 19.3 Å². The maximum absolute atomic E-state index is 6.41. The second kappa shape index (κ2) is 3.57. The molecular weight excluding hydrogens is 204 g/mol. The first-order valence-electron chi connectivity index (χ1n) is 6.14. The van der Waals surface area contributed by atoms with Crippen molar-refractivity contribution in [2.45, 2.75) is 76.5 Å². The van der Waals surface area contributed by atoms with Gasteiger partial charge in [0.15, 0.2) is 8.32 Å².